The van der Waals surface area contributed by atoms with E-state index in [0.717, 1.165) is 19.4 Å². The fraction of sp³-hybridized carbons (Fsp3) is 0.438. The molecule has 0 saturated carbocycles. The van der Waals surface area contributed by atoms with Gasteiger partial charge in [0.1, 0.15) is 0 Å². The van der Waals surface area contributed by atoms with Gasteiger partial charge < -0.3 is 4.74 Å². The van der Waals surface area contributed by atoms with Crippen LogP contribution >= 0.6 is 0 Å². The van der Waals surface area contributed by atoms with E-state index in [-0.39, 0.29) is 5.97 Å². The number of fused-ring (bicyclic) bond motifs is 1. The topological polar surface area (TPSA) is 29.5 Å². The first-order valence-electron chi connectivity index (χ1n) is 6.66. The summed E-state index contributed by atoms with van der Waals surface area (Å²) in [6, 6.07) is 9.07. The van der Waals surface area contributed by atoms with Crippen molar-refractivity contribution in [3.8, 4) is 0 Å². The van der Waals surface area contributed by atoms with E-state index in [4.69, 9.17) is 4.74 Å². The number of carbonyl (C=O) groups is 1. The minimum Gasteiger partial charge on any atom is -0.466 e. The number of likely N-dealkylation sites (N-methyl/N-ethyl adjacent to an activating group) is 1. The van der Waals surface area contributed by atoms with E-state index < -0.39 is 0 Å². The van der Waals surface area contributed by atoms with Crippen molar-refractivity contribution in [3.05, 3.63) is 47.0 Å². The molecule has 0 N–H and O–H groups in total. The lowest BCUT2D eigenvalue weighted by Crippen LogP contribution is -2.23. The van der Waals surface area contributed by atoms with E-state index in [0.29, 0.717) is 11.6 Å². The van der Waals surface area contributed by atoms with Gasteiger partial charge in [0.2, 0.25) is 0 Å². The van der Waals surface area contributed by atoms with Crippen LogP contribution in [0.2, 0.25) is 0 Å². The summed E-state index contributed by atoms with van der Waals surface area (Å²) in [6.07, 6.45) is 4.23. The van der Waals surface area contributed by atoms with Crippen LogP contribution in [-0.2, 0) is 16.0 Å². The van der Waals surface area contributed by atoms with Crippen molar-refractivity contribution >= 4 is 5.97 Å². The molecule has 1 aromatic carbocycles. The van der Waals surface area contributed by atoms with Gasteiger partial charge in [-0.2, -0.15) is 0 Å². The Balaban J connectivity index is 2.02. The van der Waals surface area contributed by atoms with Gasteiger partial charge in [-0.15, -0.1) is 0 Å². The lowest BCUT2D eigenvalue weighted by atomic mass is 10.1. The normalized spacial score (nSPS) is 18.5. The molecule has 19 heavy (non-hydrogen) atoms. The number of nitrogens with zero attached hydrogens (tertiary/aromatic N) is 1. The molecule has 1 aliphatic rings. The van der Waals surface area contributed by atoms with Crippen LogP contribution in [0, 0.1) is 0 Å². The van der Waals surface area contributed by atoms with E-state index in [1.54, 1.807) is 6.92 Å². The first-order chi connectivity index (χ1) is 9.13. The number of aryl methyl sites for hydroxylation is 1. The highest BCUT2D eigenvalue weighted by Gasteiger charge is 2.24. The monoisotopic (exact) mass is 259 g/mol. The largest absolute Gasteiger partial charge is 0.466 e. The summed E-state index contributed by atoms with van der Waals surface area (Å²) in [5.74, 6) is -0.250. The second kappa shape index (κ2) is 6.02. The van der Waals surface area contributed by atoms with Gasteiger partial charge in [0.05, 0.1) is 7.11 Å². The van der Waals surface area contributed by atoms with Crippen LogP contribution in [-0.4, -0.2) is 31.6 Å². The number of hydrogen-bond acceptors (Lipinski definition) is 3. The summed E-state index contributed by atoms with van der Waals surface area (Å²) in [4.78, 5) is 13.6. The van der Waals surface area contributed by atoms with Gasteiger partial charge in [-0.25, -0.2) is 4.79 Å². The second-order valence-corrected chi connectivity index (χ2v) is 5.07. The summed E-state index contributed by atoms with van der Waals surface area (Å²) in [7, 11) is 3.52. The van der Waals surface area contributed by atoms with Crippen LogP contribution in [0.15, 0.2) is 35.9 Å². The molecule has 0 spiro atoms. The fourth-order valence-corrected chi connectivity index (χ4v) is 2.64. The van der Waals surface area contributed by atoms with Crippen molar-refractivity contribution in [2.24, 2.45) is 0 Å². The fourth-order valence-electron chi connectivity index (χ4n) is 2.64. The van der Waals surface area contributed by atoms with Crippen LogP contribution < -0.4 is 0 Å². The standard InChI is InChI=1S/C16H21NO2/c1-12(16(18)19-3)10-11-17(2)15-9-8-13-6-4-5-7-14(13)15/h4-7,10,15H,8-9,11H2,1-3H3. The Morgan fingerprint density at radius 2 is 2.21 bits per heavy atom. The van der Waals surface area contributed by atoms with E-state index in [1.807, 2.05) is 6.08 Å². The molecule has 0 aromatic heterocycles. The Labute approximate surface area is 114 Å². The van der Waals surface area contributed by atoms with E-state index in [1.165, 1.54) is 18.2 Å². The van der Waals surface area contributed by atoms with Gasteiger partial charge in [0.25, 0.3) is 0 Å². The third kappa shape index (κ3) is 3.04. The minimum absolute atomic E-state index is 0.250. The zero-order chi connectivity index (χ0) is 13.8. The third-order valence-electron chi connectivity index (χ3n) is 3.83. The molecule has 0 radical (unpaired) electrons. The molecular weight excluding hydrogens is 238 g/mol. The number of hydrogen-bond donors (Lipinski definition) is 0. The first-order valence-corrected chi connectivity index (χ1v) is 6.66. The van der Waals surface area contributed by atoms with Crippen LogP contribution in [0.5, 0.6) is 0 Å². The molecule has 3 nitrogen and oxygen atoms in total. The highest BCUT2D eigenvalue weighted by atomic mass is 16.5. The Bertz CT molecular complexity index is 493. The van der Waals surface area contributed by atoms with Gasteiger partial charge in [-0.3, -0.25) is 4.90 Å². The molecule has 1 aliphatic carbocycles. The molecule has 1 aromatic rings. The van der Waals surface area contributed by atoms with Crippen molar-refractivity contribution in [3.63, 3.8) is 0 Å². The Morgan fingerprint density at radius 3 is 2.95 bits per heavy atom. The smallest absolute Gasteiger partial charge is 0.333 e. The van der Waals surface area contributed by atoms with E-state index in [9.17, 15) is 4.79 Å². The quantitative estimate of drug-likeness (QED) is 0.615. The first kappa shape index (κ1) is 13.8. The van der Waals surface area contributed by atoms with Gasteiger partial charge in [0.15, 0.2) is 0 Å². The molecule has 1 unspecified atom stereocenters. The maximum absolute atomic E-state index is 11.3. The Morgan fingerprint density at radius 1 is 1.47 bits per heavy atom. The van der Waals surface area contributed by atoms with Crippen molar-refractivity contribution in [1.29, 1.82) is 0 Å². The lowest BCUT2D eigenvalue weighted by Gasteiger charge is -2.24. The number of methoxy groups -OCH3 is 1. The number of rotatable bonds is 4. The predicted octanol–water partition coefficient (Wildman–Crippen LogP) is 2.73. The molecule has 1 atom stereocenters. The number of carbonyl (C=O) groups excluding carboxylic acids is 1. The zero-order valence-corrected chi connectivity index (χ0v) is 11.8. The van der Waals surface area contributed by atoms with Crippen molar-refractivity contribution in [2.75, 3.05) is 20.7 Å². The van der Waals surface area contributed by atoms with Gasteiger partial charge in [-0.1, -0.05) is 30.3 Å². The predicted molar refractivity (Wildman–Crippen MR) is 75.9 cm³/mol. The maximum Gasteiger partial charge on any atom is 0.333 e. The van der Waals surface area contributed by atoms with Crippen molar-refractivity contribution in [1.82, 2.24) is 4.90 Å². The minimum atomic E-state index is -0.250. The van der Waals surface area contributed by atoms with Crippen LogP contribution in [0.4, 0.5) is 0 Å². The molecule has 2 rings (SSSR count). The summed E-state index contributed by atoms with van der Waals surface area (Å²) >= 11 is 0. The highest BCUT2D eigenvalue weighted by Crippen LogP contribution is 2.34. The third-order valence-corrected chi connectivity index (χ3v) is 3.83. The molecule has 3 heteroatoms. The maximum atomic E-state index is 11.3. The number of benzene rings is 1. The number of esters is 1. The molecule has 0 saturated heterocycles. The molecule has 102 valence electrons. The summed E-state index contributed by atoms with van der Waals surface area (Å²) in [5, 5.41) is 0. The van der Waals surface area contributed by atoms with Crippen molar-refractivity contribution in [2.45, 2.75) is 25.8 Å². The average Bonchev–Trinajstić information content (AvgIpc) is 2.87. The van der Waals surface area contributed by atoms with E-state index >= 15 is 0 Å². The average molecular weight is 259 g/mol. The van der Waals surface area contributed by atoms with E-state index in [2.05, 4.69) is 36.2 Å². The van der Waals surface area contributed by atoms with Crippen LogP contribution in [0.25, 0.3) is 0 Å². The van der Waals surface area contributed by atoms with Gasteiger partial charge in [0, 0.05) is 18.2 Å². The van der Waals surface area contributed by atoms with Gasteiger partial charge in [-0.05, 0) is 37.9 Å². The summed E-state index contributed by atoms with van der Waals surface area (Å²) in [6.45, 7) is 2.56. The molecule has 0 fully saturated rings. The second-order valence-electron chi connectivity index (χ2n) is 5.07. The molecule has 0 aliphatic heterocycles. The Hall–Kier alpha value is -1.61. The molecule has 0 amide bonds. The zero-order valence-electron chi connectivity index (χ0n) is 11.8. The van der Waals surface area contributed by atoms with Gasteiger partial charge >= 0.3 is 5.97 Å². The molecule has 0 heterocycles. The van der Waals surface area contributed by atoms with Crippen molar-refractivity contribution < 1.29 is 9.53 Å². The number of ether oxygens (including phenoxy) is 1. The summed E-state index contributed by atoms with van der Waals surface area (Å²) < 4.78 is 4.70. The lowest BCUT2D eigenvalue weighted by molar-refractivity contribution is -0.136. The summed E-state index contributed by atoms with van der Waals surface area (Å²) in [5.41, 5.74) is 3.54. The Kier molecular flexibility index (Phi) is 4.38. The highest BCUT2D eigenvalue weighted by molar-refractivity contribution is 5.87. The molecular formula is C16H21NO2. The SMILES string of the molecule is COC(=O)C(C)=CCN(C)C1CCc2ccccc21. The molecule has 0 bridgehead atoms. The van der Waals surface area contributed by atoms with Crippen LogP contribution in [0.1, 0.15) is 30.5 Å². The van der Waals surface area contributed by atoms with Crippen LogP contribution in [0.3, 0.4) is 0 Å².